The van der Waals surface area contributed by atoms with E-state index in [-0.39, 0.29) is 21.6 Å². The molecule has 2 heterocycles. The first-order valence-corrected chi connectivity index (χ1v) is 12.2. The second-order valence-corrected chi connectivity index (χ2v) is 9.85. The lowest BCUT2D eigenvalue weighted by molar-refractivity contribution is -0.136. The van der Waals surface area contributed by atoms with Crippen LogP contribution in [0.15, 0.2) is 46.0 Å². The molecule has 0 saturated carbocycles. The molecular weight excluding hydrogens is 442 g/mol. The van der Waals surface area contributed by atoms with Crippen molar-refractivity contribution in [2.24, 2.45) is 0 Å². The van der Waals surface area contributed by atoms with Crippen molar-refractivity contribution in [3.05, 3.63) is 47.3 Å². The van der Waals surface area contributed by atoms with E-state index < -0.39 is 27.9 Å². The van der Waals surface area contributed by atoms with Gasteiger partial charge < -0.3 is 9.47 Å². The first kappa shape index (κ1) is 23.2. The van der Waals surface area contributed by atoms with Gasteiger partial charge in [-0.2, -0.15) is 0 Å². The Morgan fingerprint density at radius 2 is 2.00 bits per heavy atom. The van der Waals surface area contributed by atoms with Crippen LogP contribution in [0.25, 0.3) is 0 Å². The predicted octanol–water partition coefficient (Wildman–Crippen LogP) is 2.28. The Morgan fingerprint density at radius 3 is 2.71 bits per heavy atom. The third-order valence-electron chi connectivity index (χ3n) is 4.65. The number of rotatable bonds is 8. The minimum absolute atomic E-state index is 0.0261. The van der Waals surface area contributed by atoms with Crippen molar-refractivity contribution < 1.29 is 27.5 Å². The Balaban J connectivity index is 1.55. The number of hydrogen-bond acceptors (Lipinski definition) is 7. The van der Waals surface area contributed by atoms with E-state index in [9.17, 15) is 18.0 Å². The lowest BCUT2D eigenvalue weighted by atomic mass is 10.1. The Morgan fingerprint density at radius 1 is 1.19 bits per heavy atom. The van der Waals surface area contributed by atoms with Crippen LogP contribution >= 0.6 is 11.3 Å². The highest BCUT2D eigenvalue weighted by atomic mass is 32.2. The van der Waals surface area contributed by atoms with Crippen molar-refractivity contribution in [1.29, 1.82) is 0 Å². The molecule has 2 atom stereocenters. The molecule has 1 aliphatic heterocycles. The standard InChI is InChI=1S/C20H25N3O6S2/c1-14(29-13-15-7-4-5-11-28-15)19(24)21-22-20(25)16-8-2-3-9-17(16)23-31(26,27)18-10-6-12-30-18/h2-3,6,8-10,12,14-15,23H,4-5,7,11,13H2,1H3,(H,21,24)(H,22,25). The molecule has 2 aromatic rings. The van der Waals surface area contributed by atoms with Crippen molar-refractivity contribution in [1.82, 2.24) is 10.9 Å². The van der Waals surface area contributed by atoms with E-state index in [1.54, 1.807) is 30.5 Å². The molecule has 31 heavy (non-hydrogen) atoms. The minimum Gasteiger partial charge on any atom is -0.376 e. The average Bonchev–Trinajstić information content (AvgIpc) is 3.32. The van der Waals surface area contributed by atoms with Crippen LogP contribution in [0.4, 0.5) is 5.69 Å². The molecule has 0 radical (unpaired) electrons. The Kier molecular flexibility index (Phi) is 8.02. The Hall–Kier alpha value is -2.47. The van der Waals surface area contributed by atoms with Gasteiger partial charge in [-0.25, -0.2) is 8.42 Å². The second kappa shape index (κ2) is 10.7. The monoisotopic (exact) mass is 467 g/mol. The number of hydrazine groups is 1. The average molecular weight is 468 g/mol. The number of ether oxygens (including phenoxy) is 2. The SMILES string of the molecule is CC(OCC1CCCCO1)C(=O)NNC(=O)c1ccccc1NS(=O)(=O)c1cccs1. The van der Waals surface area contributed by atoms with E-state index in [2.05, 4.69) is 15.6 Å². The molecule has 9 nitrogen and oxygen atoms in total. The smallest absolute Gasteiger partial charge is 0.271 e. The molecule has 2 amide bonds. The van der Waals surface area contributed by atoms with Crippen LogP contribution in [0.2, 0.25) is 0 Å². The highest BCUT2D eigenvalue weighted by Gasteiger charge is 2.22. The maximum atomic E-state index is 12.6. The summed E-state index contributed by atoms with van der Waals surface area (Å²) in [5.74, 6) is -1.19. The van der Waals surface area contributed by atoms with Gasteiger partial charge in [0.25, 0.3) is 21.8 Å². The third kappa shape index (κ3) is 6.50. The van der Waals surface area contributed by atoms with Gasteiger partial charge in [0, 0.05) is 6.61 Å². The first-order chi connectivity index (χ1) is 14.9. The number of thiophene rings is 1. The molecular formula is C20H25N3O6S2. The molecule has 0 spiro atoms. The van der Waals surface area contributed by atoms with Crippen molar-refractivity contribution in [2.75, 3.05) is 17.9 Å². The molecule has 1 aromatic carbocycles. The fourth-order valence-corrected chi connectivity index (χ4v) is 5.01. The molecule has 1 saturated heterocycles. The first-order valence-electron chi connectivity index (χ1n) is 9.85. The summed E-state index contributed by atoms with van der Waals surface area (Å²) in [6, 6.07) is 9.21. The molecule has 2 unspecified atom stereocenters. The zero-order valence-electron chi connectivity index (χ0n) is 17.0. The number of hydrogen-bond donors (Lipinski definition) is 3. The third-order valence-corrected chi connectivity index (χ3v) is 7.41. The van der Waals surface area contributed by atoms with Gasteiger partial charge in [-0.3, -0.25) is 25.2 Å². The van der Waals surface area contributed by atoms with Gasteiger partial charge in [-0.05, 0) is 49.8 Å². The van der Waals surface area contributed by atoms with Crippen molar-refractivity contribution in [3.63, 3.8) is 0 Å². The summed E-state index contributed by atoms with van der Waals surface area (Å²) in [7, 11) is -3.82. The maximum absolute atomic E-state index is 12.6. The van der Waals surface area contributed by atoms with Crippen LogP contribution in [0.5, 0.6) is 0 Å². The van der Waals surface area contributed by atoms with E-state index in [4.69, 9.17) is 9.47 Å². The van der Waals surface area contributed by atoms with Crippen LogP contribution in [0.1, 0.15) is 36.5 Å². The molecule has 1 aromatic heterocycles. The number of para-hydroxylation sites is 1. The number of anilines is 1. The van der Waals surface area contributed by atoms with Gasteiger partial charge in [-0.15, -0.1) is 11.3 Å². The Bertz CT molecular complexity index is 988. The Labute approximate surface area is 185 Å². The summed E-state index contributed by atoms with van der Waals surface area (Å²) in [4.78, 5) is 24.8. The van der Waals surface area contributed by atoms with E-state index in [0.717, 1.165) is 30.6 Å². The summed E-state index contributed by atoms with van der Waals surface area (Å²) >= 11 is 1.06. The fraction of sp³-hybridized carbons (Fsp3) is 0.400. The fourth-order valence-electron chi connectivity index (χ4n) is 2.94. The number of amides is 2. The number of sulfonamides is 1. The molecule has 0 bridgehead atoms. The van der Waals surface area contributed by atoms with Crippen LogP contribution in [0, 0.1) is 0 Å². The lowest BCUT2D eigenvalue weighted by Gasteiger charge is -2.24. The van der Waals surface area contributed by atoms with E-state index in [1.165, 1.54) is 18.2 Å². The molecule has 11 heteroatoms. The van der Waals surface area contributed by atoms with Gasteiger partial charge in [0.1, 0.15) is 10.3 Å². The van der Waals surface area contributed by atoms with Gasteiger partial charge >= 0.3 is 0 Å². The lowest BCUT2D eigenvalue weighted by Crippen LogP contribution is -2.47. The molecule has 1 aliphatic rings. The van der Waals surface area contributed by atoms with E-state index in [1.807, 2.05) is 0 Å². The summed E-state index contributed by atoms with van der Waals surface area (Å²) < 4.78 is 38.6. The normalized spacial score (nSPS) is 17.5. The maximum Gasteiger partial charge on any atom is 0.271 e. The quantitative estimate of drug-likeness (QED) is 0.512. The van der Waals surface area contributed by atoms with Crippen molar-refractivity contribution in [3.8, 4) is 0 Å². The zero-order valence-corrected chi connectivity index (χ0v) is 18.6. The van der Waals surface area contributed by atoms with Gasteiger partial charge in [0.2, 0.25) is 0 Å². The minimum atomic E-state index is -3.82. The molecule has 168 valence electrons. The number of carbonyl (C=O) groups is 2. The van der Waals surface area contributed by atoms with Gasteiger partial charge in [0.15, 0.2) is 0 Å². The summed E-state index contributed by atoms with van der Waals surface area (Å²) in [5, 5.41) is 1.65. The summed E-state index contributed by atoms with van der Waals surface area (Å²) in [6.07, 6.45) is 2.17. The van der Waals surface area contributed by atoms with Gasteiger partial charge in [0.05, 0.1) is 24.0 Å². The summed E-state index contributed by atoms with van der Waals surface area (Å²) in [6.45, 7) is 2.57. The summed E-state index contributed by atoms with van der Waals surface area (Å²) in [5.41, 5.74) is 4.76. The molecule has 3 rings (SSSR count). The topological polar surface area (TPSA) is 123 Å². The largest absolute Gasteiger partial charge is 0.376 e. The number of carbonyl (C=O) groups excluding carboxylic acids is 2. The zero-order chi connectivity index (χ0) is 22.3. The molecule has 3 N–H and O–H groups in total. The number of benzene rings is 1. The highest BCUT2D eigenvalue weighted by molar-refractivity contribution is 7.94. The molecule has 1 fully saturated rings. The number of nitrogens with one attached hydrogen (secondary N) is 3. The predicted molar refractivity (Wildman–Crippen MR) is 116 cm³/mol. The van der Waals surface area contributed by atoms with E-state index >= 15 is 0 Å². The molecule has 0 aliphatic carbocycles. The van der Waals surface area contributed by atoms with Crippen LogP contribution < -0.4 is 15.6 Å². The second-order valence-electron chi connectivity index (χ2n) is 6.99. The highest BCUT2D eigenvalue weighted by Crippen LogP contribution is 2.22. The van der Waals surface area contributed by atoms with Crippen molar-refractivity contribution >= 4 is 38.9 Å². The van der Waals surface area contributed by atoms with Crippen LogP contribution in [-0.2, 0) is 24.3 Å². The van der Waals surface area contributed by atoms with Gasteiger partial charge in [-0.1, -0.05) is 18.2 Å². The van der Waals surface area contributed by atoms with Crippen LogP contribution in [0.3, 0.4) is 0 Å². The van der Waals surface area contributed by atoms with E-state index in [0.29, 0.717) is 13.2 Å². The van der Waals surface area contributed by atoms with Crippen molar-refractivity contribution in [2.45, 2.75) is 42.6 Å². The van der Waals surface area contributed by atoms with Crippen LogP contribution in [-0.4, -0.2) is 45.7 Å².